The molecule has 2 heteroatoms. The summed E-state index contributed by atoms with van der Waals surface area (Å²) < 4.78 is 0. The standard InChI is InChI=1S/C15H26N2/c1-2-15-11-16(6-7-17(15)5-1)10-14-9-12-3-4-13(14)8-12/h12-15H,1-11H2. The fourth-order valence-corrected chi connectivity index (χ4v) is 5.15. The smallest absolute Gasteiger partial charge is 0.0224 e. The molecule has 0 radical (unpaired) electrons. The van der Waals surface area contributed by atoms with Gasteiger partial charge in [0.25, 0.3) is 0 Å². The molecule has 96 valence electrons. The van der Waals surface area contributed by atoms with Crippen molar-refractivity contribution >= 4 is 0 Å². The monoisotopic (exact) mass is 234 g/mol. The second-order valence-electron chi connectivity index (χ2n) is 7.03. The highest BCUT2D eigenvalue weighted by atomic mass is 15.3. The van der Waals surface area contributed by atoms with Gasteiger partial charge in [0.1, 0.15) is 0 Å². The SMILES string of the molecule is C1CC2CN(CC3CC4CCC3C4)CCN2C1. The zero-order chi connectivity index (χ0) is 11.2. The lowest BCUT2D eigenvalue weighted by atomic mass is 9.88. The average molecular weight is 234 g/mol. The van der Waals surface area contributed by atoms with Gasteiger partial charge in [-0.25, -0.2) is 0 Å². The minimum Gasteiger partial charge on any atom is -0.300 e. The van der Waals surface area contributed by atoms with Crippen molar-refractivity contribution < 1.29 is 0 Å². The van der Waals surface area contributed by atoms with Crippen LogP contribution >= 0.6 is 0 Å². The van der Waals surface area contributed by atoms with Crippen LogP contribution in [0.4, 0.5) is 0 Å². The summed E-state index contributed by atoms with van der Waals surface area (Å²) in [6, 6.07) is 0.919. The van der Waals surface area contributed by atoms with Crippen molar-refractivity contribution in [2.75, 3.05) is 32.7 Å². The highest BCUT2D eigenvalue weighted by Gasteiger charge is 2.41. The molecule has 0 aromatic carbocycles. The van der Waals surface area contributed by atoms with Gasteiger partial charge >= 0.3 is 0 Å². The number of hydrogen-bond donors (Lipinski definition) is 0. The Morgan fingerprint density at radius 1 is 0.941 bits per heavy atom. The van der Waals surface area contributed by atoms with Crippen molar-refractivity contribution in [2.24, 2.45) is 17.8 Å². The summed E-state index contributed by atoms with van der Waals surface area (Å²) in [6.07, 6.45) is 9.17. The lowest BCUT2D eigenvalue weighted by Crippen LogP contribution is -2.51. The Balaban J connectivity index is 1.34. The summed E-state index contributed by atoms with van der Waals surface area (Å²) in [5.41, 5.74) is 0. The van der Waals surface area contributed by atoms with Crippen molar-refractivity contribution in [3.63, 3.8) is 0 Å². The van der Waals surface area contributed by atoms with Gasteiger partial charge in [-0.1, -0.05) is 6.42 Å². The van der Waals surface area contributed by atoms with Gasteiger partial charge in [0, 0.05) is 32.2 Å². The van der Waals surface area contributed by atoms with Crippen LogP contribution in [0.2, 0.25) is 0 Å². The van der Waals surface area contributed by atoms with Crippen LogP contribution in [0, 0.1) is 17.8 Å². The topological polar surface area (TPSA) is 6.48 Å². The van der Waals surface area contributed by atoms with Crippen molar-refractivity contribution in [2.45, 2.75) is 44.6 Å². The molecule has 2 aliphatic heterocycles. The number of rotatable bonds is 2. The first kappa shape index (κ1) is 10.8. The van der Waals surface area contributed by atoms with Crippen LogP contribution in [-0.4, -0.2) is 48.6 Å². The molecule has 0 aromatic heterocycles. The van der Waals surface area contributed by atoms with E-state index in [1.165, 1.54) is 45.6 Å². The normalized spacial score (nSPS) is 46.6. The van der Waals surface area contributed by atoms with Crippen LogP contribution in [-0.2, 0) is 0 Å². The first-order chi connectivity index (χ1) is 8.38. The molecule has 0 aromatic rings. The Labute approximate surface area is 105 Å². The van der Waals surface area contributed by atoms with E-state index in [1.807, 2.05) is 0 Å². The predicted octanol–water partition coefficient (Wildman–Crippen LogP) is 2.20. The molecule has 2 aliphatic carbocycles. The van der Waals surface area contributed by atoms with Gasteiger partial charge in [-0.3, -0.25) is 4.90 Å². The third-order valence-corrected chi connectivity index (χ3v) is 6.05. The molecule has 2 saturated heterocycles. The van der Waals surface area contributed by atoms with Crippen LogP contribution in [0.1, 0.15) is 38.5 Å². The minimum atomic E-state index is 0.919. The molecule has 4 unspecified atom stereocenters. The molecule has 4 aliphatic rings. The maximum Gasteiger partial charge on any atom is 0.0224 e. The van der Waals surface area contributed by atoms with Crippen LogP contribution < -0.4 is 0 Å². The summed E-state index contributed by atoms with van der Waals surface area (Å²) in [6.45, 7) is 6.90. The van der Waals surface area contributed by atoms with E-state index >= 15 is 0 Å². The zero-order valence-corrected chi connectivity index (χ0v) is 11.0. The van der Waals surface area contributed by atoms with E-state index in [-0.39, 0.29) is 0 Å². The van der Waals surface area contributed by atoms with E-state index in [2.05, 4.69) is 9.80 Å². The molecule has 4 rings (SSSR count). The molecule has 2 saturated carbocycles. The fourth-order valence-electron chi connectivity index (χ4n) is 5.15. The van der Waals surface area contributed by atoms with Crippen LogP contribution in [0.25, 0.3) is 0 Å². The van der Waals surface area contributed by atoms with Crippen molar-refractivity contribution in [1.82, 2.24) is 9.80 Å². The number of hydrogen-bond acceptors (Lipinski definition) is 2. The second-order valence-corrected chi connectivity index (χ2v) is 7.03. The Morgan fingerprint density at radius 2 is 1.94 bits per heavy atom. The van der Waals surface area contributed by atoms with Gasteiger partial charge in [0.2, 0.25) is 0 Å². The van der Waals surface area contributed by atoms with E-state index in [0.29, 0.717) is 0 Å². The third kappa shape index (κ3) is 1.94. The first-order valence-electron chi connectivity index (χ1n) is 7.85. The molecule has 2 heterocycles. The van der Waals surface area contributed by atoms with E-state index in [9.17, 15) is 0 Å². The van der Waals surface area contributed by atoms with Gasteiger partial charge < -0.3 is 4.90 Å². The van der Waals surface area contributed by atoms with Gasteiger partial charge in [0.05, 0.1) is 0 Å². The molecule has 0 spiro atoms. The minimum absolute atomic E-state index is 0.919. The van der Waals surface area contributed by atoms with Gasteiger partial charge in [0.15, 0.2) is 0 Å². The van der Waals surface area contributed by atoms with Crippen molar-refractivity contribution in [3.8, 4) is 0 Å². The molecule has 2 bridgehead atoms. The number of piperazine rings is 1. The zero-order valence-electron chi connectivity index (χ0n) is 11.0. The average Bonchev–Trinajstić information content (AvgIpc) is 3.03. The van der Waals surface area contributed by atoms with Crippen LogP contribution in [0.3, 0.4) is 0 Å². The Morgan fingerprint density at radius 3 is 2.76 bits per heavy atom. The predicted molar refractivity (Wildman–Crippen MR) is 70.0 cm³/mol. The second kappa shape index (κ2) is 4.24. The molecular weight excluding hydrogens is 208 g/mol. The molecule has 0 amide bonds. The van der Waals surface area contributed by atoms with Crippen LogP contribution in [0.15, 0.2) is 0 Å². The summed E-state index contributed by atoms with van der Waals surface area (Å²) >= 11 is 0. The van der Waals surface area contributed by atoms with Crippen molar-refractivity contribution in [1.29, 1.82) is 0 Å². The van der Waals surface area contributed by atoms with Gasteiger partial charge in [-0.2, -0.15) is 0 Å². The van der Waals surface area contributed by atoms with Crippen LogP contribution in [0.5, 0.6) is 0 Å². The molecule has 0 N–H and O–H groups in total. The molecule has 17 heavy (non-hydrogen) atoms. The number of nitrogens with zero attached hydrogens (tertiary/aromatic N) is 2. The van der Waals surface area contributed by atoms with E-state index < -0.39 is 0 Å². The van der Waals surface area contributed by atoms with Gasteiger partial charge in [-0.05, 0) is 56.4 Å². The van der Waals surface area contributed by atoms with E-state index in [1.54, 1.807) is 25.7 Å². The molecular formula is C15H26N2. The summed E-state index contributed by atoms with van der Waals surface area (Å²) in [5, 5.41) is 0. The lowest BCUT2D eigenvalue weighted by molar-refractivity contribution is 0.0824. The highest BCUT2D eigenvalue weighted by Crippen LogP contribution is 2.48. The molecule has 4 atom stereocenters. The number of fused-ring (bicyclic) bond motifs is 3. The quantitative estimate of drug-likeness (QED) is 0.723. The van der Waals surface area contributed by atoms with Crippen molar-refractivity contribution in [3.05, 3.63) is 0 Å². The Bertz CT molecular complexity index is 291. The Kier molecular flexibility index (Phi) is 2.69. The molecule has 2 nitrogen and oxygen atoms in total. The third-order valence-electron chi connectivity index (χ3n) is 6.05. The fraction of sp³-hybridized carbons (Fsp3) is 1.00. The van der Waals surface area contributed by atoms with E-state index in [0.717, 1.165) is 23.8 Å². The first-order valence-corrected chi connectivity index (χ1v) is 7.85. The highest BCUT2D eigenvalue weighted by molar-refractivity contribution is 4.93. The summed E-state index contributed by atoms with van der Waals surface area (Å²) in [5.74, 6) is 3.31. The largest absolute Gasteiger partial charge is 0.300 e. The maximum atomic E-state index is 2.80. The summed E-state index contributed by atoms with van der Waals surface area (Å²) in [4.78, 5) is 5.54. The summed E-state index contributed by atoms with van der Waals surface area (Å²) in [7, 11) is 0. The van der Waals surface area contributed by atoms with Gasteiger partial charge in [-0.15, -0.1) is 0 Å². The lowest BCUT2D eigenvalue weighted by Gasteiger charge is -2.39. The molecule has 4 fully saturated rings. The van der Waals surface area contributed by atoms with E-state index in [4.69, 9.17) is 0 Å². The Hall–Kier alpha value is -0.0800. The maximum absolute atomic E-state index is 2.80.